The molecule has 0 spiro atoms. The van der Waals surface area contributed by atoms with E-state index in [-0.39, 0.29) is 6.23 Å². The van der Waals surface area contributed by atoms with E-state index in [9.17, 15) is 5.11 Å². The molecule has 0 amide bonds. The van der Waals surface area contributed by atoms with E-state index < -0.39 is 0 Å². The Kier molecular flexibility index (Phi) is 3.30. The molecule has 1 unspecified atom stereocenters. The molecule has 2 N–H and O–H groups in total. The fourth-order valence-corrected chi connectivity index (χ4v) is 1.56. The van der Waals surface area contributed by atoms with Gasteiger partial charge in [0, 0.05) is 5.92 Å². The summed E-state index contributed by atoms with van der Waals surface area (Å²) >= 11 is 0. The lowest BCUT2D eigenvalue weighted by molar-refractivity contribution is -0.0201. The van der Waals surface area contributed by atoms with E-state index in [1.165, 1.54) is 0 Å². The van der Waals surface area contributed by atoms with Crippen molar-refractivity contribution in [3.8, 4) is 0 Å². The molecule has 0 aromatic carbocycles. The topological polar surface area (TPSA) is 35.5 Å². The van der Waals surface area contributed by atoms with Crippen LogP contribution in [0.25, 0.3) is 0 Å². The van der Waals surface area contributed by atoms with Crippen LogP contribution < -0.4 is 5.32 Å². The van der Waals surface area contributed by atoms with E-state index in [4.69, 9.17) is 0 Å². The average Bonchev–Trinajstić information content (AvgIpc) is 2.05. The molecule has 0 bridgehead atoms. The van der Waals surface area contributed by atoms with Crippen LogP contribution in [-0.2, 0) is 0 Å². The number of nitrogens with one attached hydrogen (secondary N) is 1. The highest BCUT2D eigenvalue weighted by atomic mass is 16.3. The van der Waals surface area contributed by atoms with Crippen molar-refractivity contribution in [3.63, 3.8) is 0 Å². The highest BCUT2D eigenvalue weighted by Crippen LogP contribution is 2.16. The predicted molar refractivity (Wildman–Crippen MR) is 45.3 cm³/mol. The Morgan fingerprint density at radius 2 is 1.91 bits per heavy atom. The van der Waals surface area contributed by atoms with Crippen LogP contribution in [0.4, 0.5) is 0 Å². The lowest BCUT2D eigenvalue weighted by Gasteiger charge is -2.30. The van der Waals surface area contributed by atoms with Crippen molar-refractivity contribution in [2.45, 2.75) is 19.1 Å². The fourth-order valence-electron chi connectivity index (χ4n) is 1.56. The molecule has 1 fully saturated rings. The molecule has 3 nitrogen and oxygen atoms in total. The minimum atomic E-state index is -0.253. The summed E-state index contributed by atoms with van der Waals surface area (Å²) in [4.78, 5) is 1.88. The molecule has 11 heavy (non-hydrogen) atoms. The van der Waals surface area contributed by atoms with Gasteiger partial charge in [-0.25, -0.2) is 0 Å². The predicted octanol–water partition coefficient (Wildman–Crippen LogP) is -0.134. The third-order valence-corrected chi connectivity index (χ3v) is 2.33. The van der Waals surface area contributed by atoms with Crippen LogP contribution in [0, 0.1) is 5.92 Å². The van der Waals surface area contributed by atoms with Crippen LogP contribution in [0.2, 0.25) is 0 Å². The largest absolute Gasteiger partial charge is 0.378 e. The van der Waals surface area contributed by atoms with Crippen LogP contribution in [0.3, 0.4) is 0 Å². The van der Waals surface area contributed by atoms with Gasteiger partial charge in [-0.2, -0.15) is 0 Å². The van der Waals surface area contributed by atoms with E-state index in [2.05, 4.69) is 5.32 Å². The summed E-state index contributed by atoms with van der Waals surface area (Å²) in [6, 6.07) is 0. The molecule has 1 aliphatic heterocycles. The standard InChI is InChI=1S/C8H18N2O/c1-10(2)8(11)7-3-5-9-6-4-7/h7-9,11H,3-6H2,1-2H3. The number of rotatable bonds is 2. The van der Waals surface area contributed by atoms with Crippen molar-refractivity contribution < 1.29 is 5.11 Å². The van der Waals surface area contributed by atoms with Crippen LogP contribution >= 0.6 is 0 Å². The van der Waals surface area contributed by atoms with Gasteiger partial charge >= 0.3 is 0 Å². The summed E-state index contributed by atoms with van der Waals surface area (Å²) < 4.78 is 0. The number of hydrogen-bond acceptors (Lipinski definition) is 3. The lowest BCUT2D eigenvalue weighted by atomic mass is 9.96. The Morgan fingerprint density at radius 3 is 2.36 bits per heavy atom. The molecular formula is C8H18N2O. The number of aliphatic hydroxyl groups is 1. The molecule has 1 heterocycles. The molecule has 1 aliphatic rings. The third kappa shape index (κ3) is 2.43. The van der Waals surface area contributed by atoms with Gasteiger partial charge in [0.1, 0.15) is 6.23 Å². The van der Waals surface area contributed by atoms with Crippen LogP contribution in [0.5, 0.6) is 0 Å². The molecular weight excluding hydrogens is 140 g/mol. The molecule has 1 saturated heterocycles. The molecule has 1 rings (SSSR count). The van der Waals surface area contributed by atoms with Gasteiger partial charge in [0.05, 0.1) is 0 Å². The first-order valence-electron chi connectivity index (χ1n) is 4.27. The second-order valence-electron chi connectivity index (χ2n) is 3.46. The average molecular weight is 158 g/mol. The SMILES string of the molecule is CN(C)C(O)C1CCNCC1. The van der Waals surface area contributed by atoms with Crippen molar-refractivity contribution in [3.05, 3.63) is 0 Å². The first kappa shape index (κ1) is 8.97. The van der Waals surface area contributed by atoms with Crippen LogP contribution in [0.15, 0.2) is 0 Å². The molecule has 0 aliphatic carbocycles. The highest BCUT2D eigenvalue weighted by Gasteiger charge is 2.22. The molecule has 1 atom stereocenters. The smallest absolute Gasteiger partial charge is 0.109 e. The number of hydrogen-bond donors (Lipinski definition) is 2. The van der Waals surface area contributed by atoms with Gasteiger partial charge in [-0.3, -0.25) is 4.90 Å². The zero-order valence-corrected chi connectivity index (χ0v) is 7.38. The second kappa shape index (κ2) is 4.04. The Hall–Kier alpha value is -0.120. The van der Waals surface area contributed by atoms with Gasteiger partial charge in [-0.05, 0) is 40.0 Å². The Balaban J connectivity index is 2.32. The molecule has 0 aromatic rings. The second-order valence-corrected chi connectivity index (χ2v) is 3.46. The first-order valence-corrected chi connectivity index (χ1v) is 4.27. The number of aliphatic hydroxyl groups excluding tert-OH is 1. The van der Waals surface area contributed by atoms with E-state index in [0.717, 1.165) is 25.9 Å². The van der Waals surface area contributed by atoms with Gasteiger partial charge in [0.2, 0.25) is 0 Å². The minimum Gasteiger partial charge on any atom is -0.378 e. The van der Waals surface area contributed by atoms with E-state index in [1.54, 1.807) is 0 Å². The molecule has 0 saturated carbocycles. The van der Waals surface area contributed by atoms with Crippen molar-refractivity contribution in [2.24, 2.45) is 5.92 Å². The quantitative estimate of drug-likeness (QED) is 0.549. The van der Waals surface area contributed by atoms with E-state index >= 15 is 0 Å². The Bertz CT molecular complexity index is 111. The van der Waals surface area contributed by atoms with E-state index in [1.807, 2.05) is 19.0 Å². The summed E-state index contributed by atoms with van der Waals surface area (Å²) in [6.45, 7) is 2.10. The van der Waals surface area contributed by atoms with Crippen molar-refractivity contribution in [1.82, 2.24) is 10.2 Å². The third-order valence-electron chi connectivity index (χ3n) is 2.33. The summed E-state index contributed by atoms with van der Waals surface area (Å²) in [5.74, 6) is 0.464. The zero-order chi connectivity index (χ0) is 8.27. The van der Waals surface area contributed by atoms with E-state index in [0.29, 0.717) is 5.92 Å². The molecule has 3 heteroatoms. The fraction of sp³-hybridized carbons (Fsp3) is 1.00. The monoisotopic (exact) mass is 158 g/mol. The maximum Gasteiger partial charge on any atom is 0.109 e. The summed E-state index contributed by atoms with van der Waals surface area (Å²) in [5, 5.41) is 12.9. The van der Waals surface area contributed by atoms with Crippen molar-refractivity contribution in [2.75, 3.05) is 27.2 Å². The zero-order valence-electron chi connectivity index (χ0n) is 7.38. The maximum absolute atomic E-state index is 9.65. The Labute approximate surface area is 68.4 Å². The van der Waals surface area contributed by atoms with Gasteiger partial charge in [0.15, 0.2) is 0 Å². The van der Waals surface area contributed by atoms with Crippen LogP contribution in [-0.4, -0.2) is 43.4 Å². The van der Waals surface area contributed by atoms with Gasteiger partial charge in [-0.1, -0.05) is 0 Å². The summed E-state index contributed by atoms with van der Waals surface area (Å²) in [5.41, 5.74) is 0. The minimum absolute atomic E-state index is 0.253. The normalized spacial score (nSPS) is 24.0. The first-order chi connectivity index (χ1) is 5.22. The van der Waals surface area contributed by atoms with Crippen LogP contribution in [0.1, 0.15) is 12.8 Å². The lowest BCUT2D eigenvalue weighted by Crippen LogP contribution is -2.40. The molecule has 0 radical (unpaired) electrons. The summed E-state index contributed by atoms with van der Waals surface area (Å²) in [6.07, 6.45) is 1.94. The van der Waals surface area contributed by atoms with Gasteiger partial charge in [-0.15, -0.1) is 0 Å². The Morgan fingerprint density at radius 1 is 1.36 bits per heavy atom. The van der Waals surface area contributed by atoms with Crippen molar-refractivity contribution >= 4 is 0 Å². The summed E-state index contributed by atoms with van der Waals surface area (Å²) in [7, 11) is 3.85. The highest BCUT2D eigenvalue weighted by molar-refractivity contribution is 4.73. The molecule has 66 valence electrons. The maximum atomic E-state index is 9.65. The molecule has 0 aromatic heterocycles. The number of nitrogens with zero attached hydrogens (tertiary/aromatic N) is 1. The van der Waals surface area contributed by atoms with Gasteiger partial charge < -0.3 is 10.4 Å². The number of piperidine rings is 1. The van der Waals surface area contributed by atoms with Gasteiger partial charge in [0.25, 0.3) is 0 Å². The van der Waals surface area contributed by atoms with Crippen molar-refractivity contribution in [1.29, 1.82) is 0 Å².